The highest BCUT2D eigenvalue weighted by atomic mass is 127. The van der Waals surface area contributed by atoms with Crippen molar-refractivity contribution in [1.29, 1.82) is 0 Å². The Morgan fingerprint density at radius 3 is 2.62 bits per heavy atom. The van der Waals surface area contributed by atoms with E-state index >= 15 is 0 Å². The zero-order valence-electron chi connectivity index (χ0n) is 14.4. The smallest absolute Gasteiger partial charge is 0.188 e. The van der Waals surface area contributed by atoms with Crippen molar-refractivity contribution < 1.29 is 4.74 Å². The minimum Gasteiger partial charge on any atom is -0.376 e. The summed E-state index contributed by atoms with van der Waals surface area (Å²) < 4.78 is 5.61. The summed E-state index contributed by atoms with van der Waals surface area (Å²) in [6, 6.07) is 10.8. The molecule has 2 fully saturated rings. The molecule has 0 spiro atoms. The highest BCUT2D eigenvalue weighted by Gasteiger charge is 2.33. The van der Waals surface area contributed by atoms with Crippen LogP contribution in [-0.4, -0.2) is 31.8 Å². The minimum atomic E-state index is 0. The predicted octanol–water partition coefficient (Wildman–Crippen LogP) is 3.49. The molecule has 1 aromatic rings. The molecule has 24 heavy (non-hydrogen) atoms. The summed E-state index contributed by atoms with van der Waals surface area (Å²) in [6.45, 7) is 2.48. The van der Waals surface area contributed by atoms with Crippen LogP contribution in [0.3, 0.4) is 0 Å². The third-order valence-corrected chi connectivity index (χ3v) is 5.21. The topological polar surface area (TPSA) is 59.6 Å². The van der Waals surface area contributed by atoms with Crippen LogP contribution in [0.4, 0.5) is 0 Å². The van der Waals surface area contributed by atoms with Crippen LogP contribution in [-0.2, 0) is 11.2 Å². The highest BCUT2D eigenvalue weighted by molar-refractivity contribution is 14.0. The normalized spacial score (nSPS) is 23.0. The average molecular weight is 443 g/mol. The van der Waals surface area contributed by atoms with Crippen LogP contribution < -0.4 is 11.1 Å². The Bertz CT molecular complexity index is 509. The van der Waals surface area contributed by atoms with Gasteiger partial charge in [-0.3, -0.25) is 4.99 Å². The molecule has 2 aliphatic rings. The average Bonchev–Trinajstić information content (AvgIpc) is 3.24. The summed E-state index contributed by atoms with van der Waals surface area (Å²) in [5.74, 6) is 0.569. The molecule has 0 aromatic heterocycles. The Morgan fingerprint density at radius 2 is 1.96 bits per heavy atom. The fourth-order valence-corrected chi connectivity index (χ4v) is 3.88. The number of nitrogens with two attached hydrogens (primary N) is 1. The molecule has 3 N–H and O–H groups in total. The van der Waals surface area contributed by atoms with E-state index in [4.69, 9.17) is 10.5 Å². The molecule has 1 unspecified atom stereocenters. The molecule has 0 amide bonds. The van der Waals surface area contributed by atoms with Gasteiger partial charge in [0, 0.05) is 19.7 Å². The first-order chi connectivity index (χ1) is 11.3. The van der Waals surface area contributed by atoms with Gasteiger partial charge in [0.2, 0.25) is 0 Å². The lowest BCUT2D eigenvalue weighted by atomic mass is 9.80. The van der Waals surface area contributed by atoms with Gasteiger partial charge in [0.15, 0.2) is 5.96 Å². The van der Waals surface area contributed by atoms with Gasteiger partial charge in [0.05, 0.1) is 6.10 Å². The van der Waals surface area contributed by atoms with E-state index < -0.39 is 0 Å². The molecule has 1 saturated heterocycles. The van der Waals surface area contributed by atoms with E-state index in [-0.39, 0.29) is 29.4 Å². The SMILES string of the molecule is I.NC(=NCC1(Cc2ccccc2)CCCC1)NCC1CCCO1. The van der Waals surface area contributed by atoms with Crippen LogP contribution >= 0.6 is 24.0 Å². The van der Waals surface area contributed by atoms with E-state index in [1.165, 1.54) is 31.2 Å². The maximum atomic E-state index is 6.07. The molecule has 1 heterocycles. The van der Waals surface area contributed by atoms with Crippen molar-refractivity contribution in [3.8, 4) is 0 Å². The first-order valence-corrected chi connectivity index (χ1v) is 8.95. The fourth-order valence-electron chi connectivity index (χ4n) is 3.88. The molecule has 4 nitrogen and oxygen atoms in total. The second-order valence-electron chi connectivity index (χ2n) is 7.09. The van der Waals surface area contributed by atoms with E-state index in [1.54, 1.807) is 0 Å². The number of benzene rings is 1. The van der Waals surface area contributed by atoms with E-state index in [0.717, 1.165) is 39.0 Å². The number of nitrogens with one attached hydrogen (secondary N) is 1. The Morgan fingerprint density at radius 1 is 1.21 bits per heavy atom. The van der Waals surface area contributed by atoms with Crippen molar-refractivity contribution in [3.63, 3.8) is 0 Å². The van der Waals surface area contributed by atoms with Crippen LogP contribution in [0.15, 0.2) is 35.3 Å². The first-order valence-electron chi connectivity index (χ1n) is 8.95. The highest BCUT2D eigenvalue weighted by Crippen LogP contribution is 2.41. The summed E-state index contributed by atoms with van der Waals surface area (Å²) in [4.78, 5) is 4.66. The van der Waals surface area contributed by atoms with Gasteiger partial charge in [0.25, 0.3) is 0 Å². The number of halogens is 1. The van der Waals surface area contributed by atoms with Gasteiger partial charge in [-0.1, -0.05) is 43.2 Å². The monoisotopic (exact) mass is 443 g/mol. The minimum absolute atomic E-state index is 0. The molecule has 134 valence electrons. The van der Waals surface area contributed by atoms with Crippen molar-refractivity contribution in [2.75, 3.05) is 19.7 Å². The summed E-state index contributed by atoms with van der Waals surface area (Å²) in [5, 5.41) is 3.23. The van der Waals surface area contributed by atoms with Crippen molar-refractivity contribution >= 4 is 29.9 Å². The molecule has 1 aliphatic carbocycles. The Kier molecular flexibility index (Phi) is 7.81. The van der Waals surface area contributed by atoms with Crippen LogP contribution in [0.25, 0.3) is 0 Å². The molecule has 1 aliphatic heterocycles. The second kappa shape index (κ2) is 9.61. The van der Waals surface area contributed by atoms with E-state index in [2.05, 4.69) is 40.6 Å². The summed E-state index contributed by atoms with van der Waals surface area (Å²) in [6.07, 6.45) is 8.82. The largest absolute Gasteiger partial charge is 0.376 e. The maximum Gasteiger partial charge on any atom is 0.188 e. The number of guanidine groups is 1. The van der Waals surface area contributed by atoms with Gasteiger partial charge in [-0.2, -0.15) is 0 Å². The number of hydrogen-bond acceptors (Lipinski definition) is 2. The second-order valence-corrected chi connectivity index (χ2v) is 7.09. The predicted molar refractivity (Wildman–Crippen MR) is 110 cm³/mol. The quantitative estimate of drug-likeness (QED) is 0.402. The Hall–Kier alpha value is -0.820. The fraction of sp³-hybridized carbons (Fsp3) is 0.632. The molecular formula is C19H30IN3O. The molecular weight excluding hydrogens is 413 g/mol. The maximum absolute atomic E-state index is 6.07. The molecule has 5 heteroatoms. The van der Waals surface area contributed by atoms with Crippen LogP contribution in [0.1, 0.15) is 44.1 Å². The van der Waals surface area contributed by atoms with Gasteiger partial charge in [-0.15, -0.1) is 24.0 Å². The van der Waals surface area contributed by atoms with Crippen molar-refractivity contribution in [2.24, 2.45) is 16.1 Å². The van der Waals surface area contributed by atoms with Gasteiger partial charge in [0.1, 0.15) is 0 Å². The molecule has 1 atom stereocenters. The van der Waals surface area contributed by atoms with Crippen molar-refractivity contribution in [2.45, 2.75) is 51.0 Å². The van der Waals surface area contributed by atoms with Crippen molar-refractivity contribution in [1.82, 2.24) is 5.32 Å². The van der Waals surface area contributed by atoms with Gasteiger partial charge >= 0.3 is 0 Å². The molecule has 0 bridgehead atoms. The Labute approximate surface area is 162 Å². The number of ether oxygens (including phenoxy) is 1. The lowest BCUT2D eigenvalue weighted by molar-refractivity contribution is 0.114. The van der Waals surface area contributed by atoms with E-state index in [0.29, 0.717) is 12.1 Å². The summed E-state index contributed by atoms with van der Waals surface area (Å²) in [5.41, 5.74) is 7.77. The van der Waals surface area contributed by atoms with Crippen LogP contribution in [0.5, 0.6) is 0 Å². The number of hydrogen-bond donors (Lipinski definition) is 2. The number of rotatable bonds is 6. The van der Waals surface area contributed by atoms with Gasteiger partial charge in [-0.05, 0) is 43.1 Å². The third kappa shape index (κ3) is 5.62. The zero-order valence-corrected chi connectivity index (χ0v) is 16.7. The van der Waals surface area contributed by atoms with Gasteiger partial charge < -0.3 is 15.8 Å². The molecule has 0 radical (unpaired) electrons. The summed E-state index contributed by atoms with van der Waals surface area (Å²) in [7, 11) is 0. The first kappa shape index (κ1) is 19.5. The Balaban J connectivity index is 0.00000208. The van der Waals surface area contributed by atoms with E-state index in [9.17, 15) is 0 Å². The lowest BCUT2D eigenvalue weighted by Gasteiger charge is -2.27. The number of aliphatic imine (C=N–C) groups is 1. The zero-order chi connectivity index (χ0) is 16.0. The number of nitrogens with zero attached hydrogens (tertiary/aromatic N) is 1. The standard InChI is InChI=1S/C19H29N3O.HI/c20-18(21-14-17-9-6-12-23-17)22-15-19(10-4-5-11-19)13-16-7-2-1-3-8-16;/h1-3,7-8,17H,4-6,9-15H2,(H3,20,21,22);1H. The third-order valence-electron chi connectivity index (χ3n) is 5.21. The molecule has 3 rings (SSSR count). The van der Waals surface area contributed by atoms with Gasteiger partial charge in [-0.25, -0.2) is 0 Å². The molecule has 1 saturated carbocycles. The lowest BCUT2D eigenvalue weighted by Crippen LogP contribution is -2.38. The van der Waals surface area contributed by atoms with Crippen molar-refractivity contribution in [3.05, 3.63) is 35.9 Å². The van der Waals surface area contributed by atoms with E-state index in [1.807, 2.05) is 0 Å². The molecule has 1 aromatic carbocycles. The van der Waals surface area contributed by atoms with Crippen LogP contribution in [0, 0.1) is 5.41 Å². The van der Waals surface area contributed by atoms with Crippen LogP contribution in [0.2, 0.25) is 0 Å². The summed E-state index contributed by atoms with van der Waals surface area (Å²) >= 11 is 0.